The zero-order valence-corrected chi connectivity index (χ0v) is 8.25. The molecule has 2 N–H and O–H groups in total. The molecule has 0 spiro atoms. The van der Waals surface area contributed by atoms with Crippen molar-refractivity contribution >= 4 is 22.9 Å². The van der Waals surface area contributed by atoms with E-state index in [2.05, 4.69) is 4.98 Å². The van der Waals surface area contributed by atoms with Gasteiger partial charge in [0.1, 0.15) is 11.3 Å². The number of nitrogens with two attached hydrogens (primary N) is 1. The molecule has 2 heterocycles. The lowest BCUT2D eigenvalue weighted by Crippen LogP contribution is -2.20. The van der Waals surface area contributed by atoms with E-state index in [1.54, 1.807) is 19.1 Å². The number of aryl methyl sites for hydroxylation is 1. The normalized spacial score (nSPS) is 10.7. The first-order valence-corrected chi connectivity index (χ1v) is 4.41. The molecular formula is C9H8ClN3O. The van der Waals surface area contributed by atoms with Crippen LogP contribution in [0.5, 0.6) is 0 Å². The molecule has 0 aliphatic heterocycles. The zero-order chi connectivity index (χ0) is 10.3. The summed E-state index contributed by atoms with van der Waals surface area (Å²) >= 11 is 5.75. The number of hydrogen-bond acceptors (Lipinski definition) is 3. The summed E-state index contributed by atoms with van der Waals surface area (Å²) in [5, 5.41) is 0.477. The predicted molar refractivity (Wildman–Crippen MR) is 55.6 cm³/mol. The van der Waals surface area contributed by atoms with E-state index >= 15 is 0 Å². The highest BCUT2D eigenvalue weighted by atomic mass is 35.5. The molecule has 4 nitrogen and oxygen atoms in total. The molecular weight excluding hydrogens is 202 g/mol. The van der Waals surface area contributed by atoms with Crippen LogP contribution >= 0.6 is 11.6 Å². The number of aromatic nitrogens is 2. The molecule has 5 heteroatoms. The van der Waals surface area contributed by atoms with E-state index < -0.39 is 0 Å². The molecule has 2 aromatic rings. The number of pyridine rings is 1. The first kappa shape index (κ1) is 9.02. The third-order valence-electron chi connectivity index (χ3n) is 2.01. The molecule has 0 saturated heterocycles. The minimum absolute atomic E-state index is 0.157. The molecule has 0 atom stereocenters. The molecule has 0 aromatic carbocycles. The van der Waals surface area contributed by atoms with Crippen molar-refractivity contribution in [3.8, 4) is 0 Å². The van der Waals surface area contributed by atoms with Crippen LogP contribution in [0.4, 0.5) is 5.69 Å². The van der Waals surface area contributed by atoms with Gasteiger partial charge in [-0.05, 0) is 19.1 Å². The summed E-state index contributed by atoms with van der Waals surface area (Å²) in [6.45, 7) is 1.70. The third kappa shape index (κ3) is 1.24. The van der Waals surface area contributed by atoms with E-state index in [1.165, 1.54) is 10.6 Å². The zero-order valence-electron chi connectivity index (χ0n) is 7.49. The van der Waals surface area contributed by atoms with Crippen molar-refractivity contribution in [1.82, 2.24) is 9.38 Å². The molecule has 0 amide bonds. The number of anilines is 1. The van der Waals surface area contributed by atoms with Gasteiger partial charge in [-0.2, -0.15) is 0 Å². The van der Waals surface area contributed by atoms with Gasteiger partial charge < -0.3 is 5.73 Å². The maximum absolute atomic E-state index is 11.6. The van der Waals surface area contributed by atoms with Crippen LogP contribution in [0.25, 0.3) is 5.65 Å². The molecule has 0 saturated carbocycles. The Kier molecular flexibility index (Phi) is 1.93. The van der Waals surface area contributed by atoms with E-state index in [1.807, 2.05) is 0 Å². The maximum atomic E-state index is 11.6. The highest BCUT2D eigenvalue weighted by Crippen LogP contribution is 2.10. The molecule has 0 radical (unpaired) electrons. The van der Waals surface area contributed by atoms with Crippen molar-refractivity contribution in [3.63, 3.8) is 0 Å². The highest BCUT2D eigenvalue weighted by Gasteiger charge is 2.05. The molecule has 14 heavy (non-hydrogen) atoms. The molecule has 0 fully saturated rings. The van der Waals surface area contributed by atoms with Gasteiger partial charge >= 0.3 is 0 Å². The second-order valence-corrected chi connectivity index (χ2v) is 3.43. The minimum atomic E-state index is -0.282. The summed E-state index contributed by atoms with van der Waals surface area (Å²) in [6, 6.07) is 3.36. The lowest BCUT2D eigenvalue weighted by Gasteiger charge is -2.03. The summed E-state index contributed by atoms with van der Waals surface area (Å²) in [5.41, 5.74) is 6.52. The molecule has 0 aliphatic rings. The van der Waals surface area contributed by atoms with Crippen LogP contribution in [0.2, 0.25) is 5.02 Å². The van der Waals surface area contributed by atoms with Gasteiger partial charge in [-0.1, -0.05) is 11.6 Å². The van der Waals surface area contributed by atoms with E-state index in [0.29, 0.717) is 16.4 Å². The van der Waals surface area contributed by atoms with Crippen molar-refractivity contribution < 1.29 is 0 Å². The van der Waals surface area contributed by atoms with Gasteiger partial charge in [0.05, 0.1) is 10.7 Å². The Balaban J connectivity index is 2.99. The first-order chi connectivity index (χ1) is 6.59. The van der Waals surface area contributed by atoms with Crippen LogP contribution in [0.1, 0.15) is 5.69 Å². The molecule has 72 valence electrons. The highest BCUT2D eigenvalue weighted by molar-refractivity contribution is 6.30. The summed E-state index contributed by atoms with van der Waals surface area (Å²) in [4.78, 5) is 15.8. The average molecular weight is 210 g/mol. The van der Waals surface area contributed by atoms with Crippen LogP contribution in [0.15, 0.2) is 23.1 Å². The van der Waals surface area contributed by atoms with Gasteiger partial charge in [-0.15, -0.1) is 0 Å². The second-order valence-electron chi connectivity index (χ2n) is 2.99. The average Bonchev–Trinajstić information content (AvgIpc) is 2.16. The third-order valence-corrected chi connectivity index (χ3v) is 2.24. The number of fused-ring (bicyclic) bond motifs is 1. The van der Waals surface area contributed by atoms with E-state index in [9.17, 15) is 4.79 Å². The fraction of sp³-hybridized carbons (Fsp3) is 0.111. The number of halogens is 1. The Hall–Kier alpha value is -1.55. The van der Waals surface area contributed by atoms with Crippen LogP contribution in [-0.2, 0) is 0 Å². The van der Waals surface area contributed by atoms with Crippen LogP contribution < -0.4 is 11.3 Å². The van der Waals surface area contributed by atoms with Gasteiger partial charge in [-0.25, -0.2) is 4.98 Å². The number of hydrogen-bond donors (Lipinski definition) is 1. The quantitative estimate of drug-likeness (QED) is 0.710. The fourth-order valence-corrected chi connectivity index (χ4v) is 1.40. The standard InChI is InChI=1S/C9H8ClN3O/c1-5-8(11)9(14)13-4-6(10)2-3-7(13)12-5/h2-4H,11H2,1H3. The van der Waals surface area contributed by atoms with Crippen LogP contribution in [-0.4, -0.2) is 9.38 Å². The largest absolute Gasteiger partial charge is 0.393 e. The van der Waals surface area contributed by atoms with Crippen molar-refractivity contribution in [3.05, 3.63) is 39.4 Å². The number of rotatable bonds is 0. The smallest absolute Gasteiger partial charge is 0.281 e. The monoisotopic (exact) mass is 209 g/mol. The van der Waals surface area contributed by atoms with Gasteiger partial charge in [-0.3, -0.25) is 9.20 Å². The summed E-state index contributed by atoms with van der Waals surface area (Å²) in [5.74, 6) is 0. The van der Waals surface area contributed by atoms with Crippen LogP contribution in [0, 0.1) is 6.92 Å². The first-order valence-electron chi connectivity index (χ1n) is 4.03. The summed E-state index contributed by atoms with van der Waals surface area (Å²) in [6.07, 6.45) is 1.50. The predicted octanol–water partition coefficient (Wildman–Crippen LogP) is 1.24. The van der Waals surface area contributed by atoms with Crippen molar-refractivity contribution in [2.45, 2.75) is 6.92 Å². The Labute approximate surface area is 84.9 Å². The SMILES string of the molecule is Cc1nc2ccc(Cl)cn2c(=O)c1N. The van der Waals surface area contributed by atoms with Gasteiger partial charge in [0.2, 0.25) is 0 Å². The molecule has 0 aliphatic carbocycles. The maximum Gasteiger partial charge on any atom is 0.281 e. The van der Waals surface area contributed by atoms with Crippen molar-refractivity contribution in [2.75, 3.05) is 5.73 Å². The lowest BCUT2D eigenvalue weighted by atomic mass is 10.3. The Morgan fingerprint density at radius 1 is 1.50 bits per heavy atom. The lowest BCUT2D eigenvalue weighted by molar-refractivity contribution is 1.03. The Bertz CT molecular complexity index is 562. The second kappa shape index (κ2) is 2.99. The van der Waals surface area contributed by atoms with E-state index in [-0.39, 0.29) is 11.2 Å². The Morgan fingerprint density at radius 3 is 2.93 bits per heavy atom. The topological polar surface area (TPSA) is 60.4 Å². The summed E-state index contributed by atoms with van der Waals surface area (Å²) in [7, 11) is 0. The molecule has 2 rings (SSSR count). The number of nitrogen functional groups attached to an aromatic ring is 1. The van der Waals surface area contributed by atoms with Crippen molar-refractivity contribution in [2.24, 2.45) is 0 Å². The van der Waals surface area contributed by atoms with E-state index in [0.717, 1.165) is 0 Å². The van der Waals surface area contributed by atoms with Crippen molar-refractivity contribution in [1.29, 1.82) is 0 Å². The molecule has 0 unspecified atom stereocenters. The van der Waals surface area contributed by atoms with E-state index in [4.69, 9.17) is 17.3 Å². The summed E-state index contributed by atoms with van der Waals surface area (Å²) < 4.78 is 1.34. The van der Waals surface area contributed by atoms with Crippen LogP contribution in [0.3, 0.4) is 0 Å². The van der Waals surface area contributed by atoms with Gasteiger partial charge in [0, 0.05) is 6.20 Å². The Morgan fingerprint density at radius 2 is 2.21 bits per heavy atom. The van der Waals surface area contributed by atoms with Gasteiger partial charge in [0.15, 0.2) is 0 Å². The fourth-order valence-electron chi connectivity index (χ4n) is 1.24. The molecule has 0 bridgehead atoms. The molecule has 2 aromatic heterocycles. The minimum Gasteiger partial charge on any atom is -0.393 e. The van der Waals surface area contributed by atoms with Gasteiger partial charge in [0.25, 0.3) is 5.56 Å². The number of nitrogens with zero attached hydrogens (tertiary/aromatic N) is 2.